The molecule has 0 atom stereocenters. The lowest BCUT2D eigenvalue weighted by atomic mass is 9.87. The van der Waals surface area contributed by atoms with E-state index in [2.05, 4.69) is 47.6 Å². The van der Waals surface area contributed by atoms with E-state index in [1.54, 1.807) is 0 Å². The fourth-order valence-corrected chi connectivity index (χ4v) is 2.80. The molecule has 1 fully saturated rings. The Kier molecular flexibility index (Phi) is 2.51. The molecular formula is C14H21N3. The van der Waals surface area contributed by atoms with Gasteiger partial charge in [0.15, 0.2) is 0 Å². The molecule has 2 aliphatic heterocycles. The molecule has 0 unspecified atom stereocenters. The fraction of sp³-hybridized carbons (Fsp3) is 0.571. The molecule has 0 aromatic heterocycles. The maximum atomic E-state index is 3.53. The van der Waals surface area contributed by atoms with Crippen LogP contribution in [0.4, 0.5) is 11.4 Å². The van der Waals surface area contributed by atoms with Gasteiger partial charge in [-0.15, -0.1) is 0 Å². The smallest absolute Gasteiger partial charge is 0.0400 e. The van der Waals surface area contributed by atoms with Crippen molar-refractivity contribution < 1.29 is 0 Å². The maximum Gasteiger partial charge on any atom is 0.0400 e. The van der Waals surface area contributed by atoms with E-state index in [0.717, 1.165) is 32.7 Å². The van der Waals surface area contributed by atoms with E-state index in [1.165, 1.54) is 16.9 Å². The first kappa shape index (κ1) is 10.9. The van der Waals surface area contributed by atoms with E-state index in [0.29, 0.717) is 0 Å². The van der Waals surface area contributed by atoms with Crippen molar-refractivity contribution in [2.75, 3.05) is 42.9 Å². The van der Waals surface area contributed by atoms with E-state index in [-0.39, 0.29) is 5.41 Å². The van der Waals surface area contributed by atoms with Crippen LogP contribution in [-0.4, -0.2) is 32.7 Å². The third kappa shape index (κ3) is 1.89. The number of hydrogen-bond acceptors (Lipinski definition) is 3. The lowest BCUT2D eigenvalue weighted by Gasteiger charge is -2.30. The van der Waals surface area contributed by atoms with Crippen LogP contribution in [0.25, 0.3) is 0 Å². The fourth-order valence-electron chi connectivity index (χ4n) is 2.80. The SMILES string of the molecule is CC1(C)CNc2cc(N3CCNCC3)ccc21. The Hall–Kier alpha value is -1.22. The molecule has 0 aliphatic carbocycles. The van der Waals surface area contributed by atoms with Gasteiger partial charge in [-0.05, 0) is 17.7 Å². The minimum atomic E-state index is 0.275. The summed E-state index contributed by atoms with van der Waals surface area (Å²) in [4.78, 5) is 2.46. The van der Waals surface area contributed by atoms with Crippen LogP contribution >= 0.6 is 0 Å². The van der Waals surface area contributed by atoms with Gasteiger partial charge in [0, 0.05) is 49.5 Å². The summed E-state index contributed by atoms with van der Waals surface area (Å²) in [7, 11) is 0. The number of piperazine rings is 1. The number of rotatable bonds is 1. The van der Waals surface area contributed by atoms with Gasteiger partial charge < -0.3 is 15.5 Å². The molecule has 2 heterocycles. The first-order valence-electron chi connectivity index (χ1n) is 6.51. The van der Waals surface area contributed by atoms with Crippen molar-refractivity contribution in [1.29, 1.82) is 0 Å². The van der Waals surface area contributed by atoms with Crippen LogP contribution in [0.2, 0.25) is 0 Å². The summed E-state index contributed by atoms with van der Waals surface area (Å²) >= 11 is 0. The molecule has 92 valence electrons. The molecule has 2 N–H and O–H groups in total. The summed E-state index contributed by atoms with van der Waals surface area (Å²) in [5, 5.41) is 6.92. The monoisotopic (exact) mass is 231 g/mol. The van der Waals surface area contributed by atoms with Crippen LogP contribution in [0.15, 0.2) is 18.2 Å². The average molecular weight is 231 g/mol. The van der Waals surface area contributed by atoms with Crippen LogP contribution in [0.1, 0.15) is 19.4 Å². The van der Waals surface area contributed by atoms with Crippen molar-refractivity contribution in [3.05, 3.63) is 23.8 Å². The van der Waals surface area contributed by atoms with Gasteiger partial charge in [0.25, 0.3) is 0 Å². The minimum Gasteiger partial charge on any atom is -0.384 e. The van der Waals surface area contributed by atoms with E-state index >= 15 is 0 Å². The predicted octanol–water partition coefficient (Wildman–Crippen LogP) is 1.80. The molecule has 2 aliphatic rings. The van der Waals surface area contributed by atoms with E-state index in [1.807, 2.05) is 0 Å². The third-order valence-corrected chi connectivity index (χ3v) is 3.94. The molecule has 3 nitrogen and oxygen atoms in total. The van der Waals surface area contributed by atoms with Gasteiger partial charge in [0.2, 0.25) is 0 Å². The topological polar surface area (TPSA) is 27.3 Å². The van der Waals surface area contributed by atoms with Crippen LogP contribution in [-0.2, 0) is 5.41 Å². The van der Waals surface area contributed by atoms with Crippen LogP contribution in [0.5, 0.6) is 0 Å². The van der Waals surface area contributed by atoms with E-state index < -0.39 is 0 Å². The van der Waals surface area contributed by atoms with Crippen molar-refractivity contribution in [3.63, 3.8) is 0 Å². The van der Waals surface area contributed by atoms with Crippen molar-refractivity contribution in [2.24, 2.45) is 0 Å². The predicted molar refractivity (Wildman–Crippen MR) is 73.0 cm³/mol. The zero-order chi connectivity index (χ0) is 11.9. The lowest BCUT2D eigenvalue weighted by Crippen LogP contribution is -2.43. The van der Waals surface area contributed by atoms with Crippen molar-refractivity contribution in [1.82, 2.24) is 5.32 Å². The Morgan fingerprint density at radius 2 is 1.94 bits per heavy atom. The largest absolute Gasteiger partial charge is 0.384 e. The molecule has 0 radical (unpaired) electrons. The van der Waals surface area contributed by atoms with Crippen molar-refractivity contribution in [3.8, 4) is 0 Å². The number of fused-ring (bicyclic) bond motifs is 1. The van der Waals surface area contributed by atoms with Crippen LogP contribution in [0, 0.1) is 0 Å². The summed E-state index contributed by atoms with van der Waals surface area (Å²) in [6.45, 7) is 10.1. The summed E-state index contributed by atoms with van der Waals surface area (Å²) < 4.78 is 0. The molecule has 0 spiro atoms. The Bertz CT molecular complexity index is 419. The molecule has 1 aromatic rings. The van der Waals surface area contributed by atoms with Gasteiger partial charge in [-0.2, -0.15) is 0 Å². The highest BCUT2D eigenvalue weighted by molar-refractivity contribution is 5.67. The zero-order valence-electron chi connectivity index (χ0n) is 10.7. The number of benzene rings is 1. The number of nitrogens with one attached hydrogen (secondary N) is 2. The first-order valence-corrected chi connectivity index (χ1v) is 6.51. The second kappa shape index (κ2) is 3.91. The number of nitrogens with zero attached hydrogens (tertiary/aromatic N) is 1. The number of hydrogen-bond donors (Lipinski definition) is 2. The first-order chi connectivity index (χ1) is 8.17. The number of anilines is 2. The highest BCUT2D eigenvalue weighted by atomic mass is 15.2. The van der Waals surface area contributed by atoms with E-state index in [9.17, 15) is 0 Å². The van der Waals surface area contributed by atoms with Gasteiger partial charge in [0.1, 0.15) is 0 Å². The average Bonchev–Trinajstić information content (AvgIpc) is 2.66. The Labute approximate surface area is 103 Å². The van der Waals surface area contributed by atoms with E-state index in [4.69, 9.17) is 0 Å². The van der Waals surface area contributed by atoms with Gasteiger partial charge in [-0.1, -0.05) is 19.9 Å². The normalized spacial score (nSPS) is 22.1. The van der Waals surface area contributed by atoms with Crippen molar-refractivity contribution >= 4 is 11.4 Å². The second-order valence-corrected chi connectivity index (χ2v) is 5.70. The maximum absolute atomic E-state index is 3.53. The summed E-state index contributed by atoms with van der Waals surface area (Å²) in [6.07, 6.45) is 0. The quantitative estimate of drug-likeness (QED) is 0.772. The highest BCUT2D eigenvalue weighted by Crippen LogP contribution is 2.38. The standard InChI is InChI=1S/C14H21N3/c1-14(2)10-16-13-9-11(3-4-12(13)14)17-7-5-15-6-8-17/h3-4,9,15-16H,5-8,10H2,1-2H3. The summed E-state index contributed by atoms with van der Waals surface area (Å²) in [5.74, 6) is 0. The summed E-state index contributed by atoms with van der Waals surface area (Å²) in [5.41, 5.74) is 4.41. The molecule has 3 rings (SSSR count). The molecule has 1 saturated heterocycles. The van der Waals surface area contributed by atoms with Gasteiger partial charge >= 0.3 is 0 Å². The molecule has 1 aromatic carbocycles. The van der Waals surface area contributed by atoms with Gasteiger partial charge in [-0.3, -0.25) is 0 Å². The molecule has 0 amide bonds. The van der Waals surface area contributed by atoms with Gasteiger partial charge in [-0.25, -0.2) is 0 Å². The Morgan fingerprint density at radius 3 is 2.71 bits per heavy atom. The second-order valence-electron chi connectivity index (χ2n) is 5.70. The molecule has 17 heavy (non-hydrogen) atoms. The Morgan fingerprint density at radius 1 is 1.18 bits per heavy atom. The minimum absolute atomic E-state index is 0.275. The molecule has 0 bridgehead atoms. The van der Waals surface area contributed by atoms with Crippen molar-refractivity contribution in [2.45, 2.75) is 19.3 Å². The Balaban J connectivity index is 1.89. The lowest BCUT2D eigenvalue weighted by molar-refractivity contribution is 0.584. The molecule has 3 heteroatoms. The van der Waals surface area contributed by atoms with Crippen LogP contribution < -0.4 is 15.5 Å². The molecular weight excluding hydrogens is 210 g/mol. The highest BCUT2D eigenvalue weighted by Gasteiger charge is 2.29. The zero-order valence-corrected chi connectivity index (χ0v) is 10.7. The summed E-state index contributed by atoms with van der Waals surface area (Å²) in [6, 6.07) is 6.89. The molecule has 0 saturated carbocycles. The van der Waals surface area contributed by atoms with Crippen LogP contribution in [0.3, 0.4) is 0 Å². The van der Waals surface area contributed by atoms with Gasteiger partial charge in [0.05, 0.1) is 0 Å². The third-order valence-electron chi connectivity index (χ3n) is 3.94.